The van der Waals surface area contributed by atoms with Gasteiger partial charge in [-0.15, -0.1) is 12.4 Å². The number of halogens is 3. The molecule has 0 aliphatic carbocycles. The summed E-state index contributed by atoms with van der Waals surface area (Å²) >= 11 is 5.60. The summed E-state index contributed by atoms with van der Waals surface area (Å²) in [4.78, 5) is -0.354. The molecule has 1 fully saturated rings. The van der Waals surface area contributed by atoms with Crippen LogP contribution in [0.1, 0.15) is 6.92 Å². The summed E-state index contributed by atoms with van der Waals surface area (Å²) in [6.45, 7) is 2.40. The molecule has 2 atom stereocenters. The van der Waals surface area contributed by atoms with Crippen LogP contribution in [0.4, 0.5) is 4.39 Å². The van der Waals surface area contributed by atoms with Crippen LogP contribution in [0.25, 0.3) is 0 Å². The van der Waals surface area contributed by atoms with Gasteiger partial charge in [-0.3, -0.25) is 0 Å². The Morgan fingerprint density at radius 1 is 1.42 bits per heavy atom. The van der Waals surface area contributed by atoms with Crippen molar-refractivity contribution >= 4 is 34.0 Å². The normalized spacial score (nSPS) is 24.2. The van der Waals surface area contributed by atoms with Gasteiger partial charge in [-0.25, -0.2) is 12.8 Å². The fourth-order valence-corrected chi connectivity index (χ4v) is 3.75. The highest BCUT2D eigenvalue weighted by Crippen LogP contribution is 2.26. The highest BCUT2D eigenvalue weighted by atomic mass is 35.5. The van der Waals surface area contributed by atoms with Crippen molar-refractivity contribution in [3.8, 4) is 0 Å². The molecule has 4 nitrogen and oxygen atoms in total. The van der Waals surface area contributed by atoms with Crippen LogP contribution < -0.4 is 5.73 Å². The largest absolute Gasteiger partial charge is 0.326 e. The molecular formula is C11H15Cl2FN2O2S. The van der Waals surface area contributed by atoms with Crippen LogP contribution in [0.2, 0.25) is 5.02 Å². The van der Waals surface area contributed by atoms with Crippen molar-refractivity contribution in [1.29, 1.82) is 0 Å². The zero-order chi connectivity index (χ0) is 13.5. The number of rotatable bonds is 2. The summed E-state index contributed by atoms with van der Waals surface area (Å²) in [5, 5.41) is 0.165. The monoisotopic (exact) mass is 328 g/mol. The molecule has 8 heteroatoms. The van der Waals surface area contributed by atoms with E-state index in [4.69, 9.17) is 17.3 Å². The summed E-state index contributed by atoms with van der Waals surface area (Å²) in [7, 11) is -3.83. The van der Waals surface area contributed by atoms with E-state index in [1.807, 2.05) is 6.92 Å². The first-order chi connectivity index (χ1) is 8.32. The van der Waals surface area contributed by atoms with E-state index >= 15 is 0 Å². The third kappa shape index (κ3) is 3.20. The summed E-state index contributed by atoms with van der Waals surface area (Å²) in [5.41, 5.74) is 5.78. The van der Waals surface area contributed by atoms with Crippen molar-refractivity contribution in [3.05, 3.63) is 29.0 Å². The number of sulfonamides is 1. The van der Waals surface area contributed by atoms with Gasteiger partial charge in [0, 0.05) is 24.2 Å². The Labute approximate surface area is 123 Å². The van der Waals surface area contributed by atoms with Gasteiger partial charge in [-0.1, -0.05) is 18.5 Å². The van der Waals surface area contributed by atoms with Gasteiger partial charge < -0.3 is 5.73 Å². The third-order valence-corrected chi connectivity index (χ3v) is 5.25. The second-order valence-corrected chi connectivity index (χ2v) is 6.88. The molecular weight excluding hydrogens is 314 g/mol. The molecule has 0 spiro atoms. The molecule has 1 saturated heterocycles. The Bertz CT molecular complexity index is 558. The minimum Gasteiger partial charge on any atom is -0.326 e. The summed E-state index contributed by atoms with van der Waals surface area (Å²) in [6.07, 6.45) is 0. The zero-order valence-corrected chi connectivity index (χ0v) is 12.6. The molecule has 1 aliphatic heterocycles. The van der Waals surface area contributed by atoms with E-state index in [0.717, 1.165) is 6.07 Å². The lowest BCUT2D eigenvalue weighted by molar-refractivity contribution is 0.458. The maximum Gasteiger partial charge on any atom is 0.246 e. The minimum atomic E-state index is -3.83. The van der Waals surface area contributed by atoms with Gasteiger partial charge in [0.15, 0.2) is 0 Å². The van der Waals surface area contributed by atoms with Crippen LogP contribution in [0, 0.1) is 11.7 Å². The molecule has 0 bridgehead atoms. The highest BCUT2D eigenvalue weighted by molar-refractivity contribution is 7.89. The van der Waals surface area contributed by atoms with Crippen LogP contribution >= 0.6 is 24.0 Å². The van der Waals surface area contributed by atoms with Crippen LogP contribution in [-0.4, -0.2) is 31.9 Å². The van der Waals surface area contributed by atoms with Gasteiger partial charge in [0.25, 0.3) is 0 Å². The topological polar surface area (TPSA) is 63.4 Å². The smallest absolute Gasteiger partial charge is 0.246 e. The summed E-state index contributed by atoms with van der Waals surface area (Å²) in [6, 6.07) is 3.32. The van der Waals surface area contributed by atoms with Gasteiger partial charge in [-0.2, -0.15) is 4.31 Å². The Kier molecular flexibility index (Phi) is 5.20. The van der Waals surface area contributed by atoms with Gasteiger partial charge >= 0.3 is 0 Å². The number of nitrogens with zero attached hydrogens (tertiary/aromatic N) is 1. The summed E-state index contributed by atoms with van der Waals surface area (Å²) < 4.78 is 39.4. The third-order valence-electron chi connectivity index (χ3n) is 3.15. The molecule has 0 radical (unpaired) electrons. The van der Waals surface area contributed by atoms with Crippen molar-refractivity contribution in [3.63, 3.8) is 0 Å². The fraction of sp³-hybridized carbons (Fsp3) is 0.455. The van der Waals surface area contributed by atoms with Crippen molar-refractivity contribution in [2.75, 3.05) is 13.1 Å². The molecule has 0 amide bonds. The molecule has 1 aliphatic rings. The Morgan fingerprint density at radius 3 is 2.53 bits per heavy atom. The predicted octanol–water partition coefficient (Wildman–Crippen LogP) is 1.87. The first-order valence-electron chi connectivity index (χ1n) is 5.53. The Morgan fingerprint density at radius 2 is 2.05 bits per heavy atom. The van der Waals surface area contributed by atoms with Crippen LogP contribution in [0.5, 0.6) is 0 Å². The van der Waals surface area contributed by atoms with Gasteiger partial charge in [0.2, 0.25) is 10.0 Å². The lowest BCUT2D eigenvalue weighted by Crippen LogP contribution is -2.32. The molecule has 1 heterocycles. The number of benzene rings is 1. The predicted molar refractivity (Wildman–Crippen MR) is 74.6 cm³/mol. The first kappa shape index (κ1) is 16.7. The van der Waals surface area contributed by atoms with E-state index in [-0.39, 0.29) is 40.8 Å². The fourth-order valence-electron chi connectivity index (χ4n) is 1.97. The van der Waals surface area contributed by atoms with Crippen molar-refractivity contribution in [2.24, 2.45) is 11.7 Å². The van der Waals surface area contributed by atoms with E-state index in [1.165, 1.54) is 16.4 Å². The zero-order valence-electron chi connectivity index (χ0n) is 10.2. The number of nitrogens with two attached hydrogens (primary N) is 1. The summed E-state index contributed by atoms with van der Waals surface area (Å²) in [5.74, 6) is -0.772. The van der Waals surface area contributed by atoms with Crippen LogP contribution in [0.3, 0.4) is 0 Å². The standard InChI is InChI=1S/C11H14ClFN2O2S.ClH/c1-7-5-15(6-10(7)14)18(16,17)11-3-2-8(12)4-9(11)13;/h2-4,7,10H,5-6,14H2,1H3;1H. The average Bonchev–Trinajstić information content (AvgIpc) is 2.59. The van der Waals surface area contributed by atoms with E-state index in [0.29, 0.717) is 6.54 Å². The molecule has 0 aromatic heterocycles. The van der Waals surface area contributed by atoms with Crippen molar-refractivity contribution in [1.82, 2.24) is 4.31 Å². The number of hydrogen-bond donors (Lipinski definition) is 1. The molecule has 1 aromatic carbocycles. The maximum atomic E-state index is 13.7. The van der Waals surface area contributed by atoms with Gasteiger partial charge in [0.05, 0.1) is 0 Å². The van der Waals surface area contributed by atoms with E-state index in [1.54, 1.807) is 0 Å². The second kappa shape index (κ2) is 5.93. The van der Waals surface area contributed by atoms with Crippen LogP contribution in [-0.2, 0) is 10.0 Å². The van der Waals surface area contributed by atoms with Crippen molar-refractivity contribution in [2.45, 2.75) is 17.9 Å². The molecule has 1 aromatic rings. The molecule has 0 saturated carbocycles. The molecule has 2 N–H and O–H groups in total. The number of hydrogen-bond acceptors (Lipinski definition) is 3. The Hall–Kier alpha value is -0.400. The van der Waals surface area contributed by atoms with Crippen LogP contribution in [0.15, 0.2) is 23.1 Å². The molecule has 2 unspecified atom stereocenters. The quantitative estimate of drug-likeness (QED) is 0.901. The SMILES string of the molecule is CC1CN(S(=O)(=O)c2ccc(Cl)cc2F)CC1N.Cl. The molecule has 108 valence electrons. The van der Waals surface area contributed by atoms with E-state index in [9.17, 15) is 12.8 Å². The van der Waals surface area contributed by atoms with E-state index in [2.05, 4.69) is 0 Å². The maximum absolute atomic E-state index is 13.7. The van der Waals surface area contributed by atoms with Crippen molar-refractivity contribution < 1.29 is 12.8 Å². The van der Waals surface area contributed by atoms with Gasteiger partial charge in [0.1, 0.15) is 10.7 Å². The molecule has 2 rings (SSSR count). The van der Waals surface area contributed by atoms with Gasteiger partial charge in [-0.05, 0) is 24.1 Å². The Balaban J connectivity index is 0.00000180. The first-order valence-corrected chi connectivity index (χ1v) is 7.35. The van der Waals surface area contributed by atoms with E-state index < -0.39 is 15.8 Å². The minimum absolute atomic E-state index is 0. The lowest BCUT2D eigenvalue weighted by Gasteiger charge is -2.16. The average molecular weight is 329 g/mol. The lowest BCUT2D eigenvalue weighted by atomic mass is 10.1. The second-order valence-electron chi connectivity index (χ2n) is 4.54. The highest BCUT2D eigenvalue weighted by Gasteiger charge is 2.36. The molecule has 19 heavy (non-hydrogen) atoms.